The molecule has 2 saturated carbocycles. The molecule has 6 unspecified atom stereocenters. The summed E-state index contributed by atoms with van der Waals surface area (Å²) in [6.45, 7) is 17.7. The molecule has 2 aliphatic rings. The summed E-state index contributed by atoms with van der Waals surface area (Å²) in [6, 6.07) is 0. The lowest BCUT2D eigenvalue weighted by Gasteiger charge is -2.65. The lowest BCUT2D eigenvalue weighted by atomic mass is 9.40. The highest BCUT2D eigenvalue weighted by Gasteiger charge is 2.59. The number of rotatable bonds is 4. The fourth-order valence-corrected chi connectivity index (χ4v) is 6.26. The SMILES string of the molecule is CCCC1CC2CC(C)(C1C)C(C)(C)C(CCC)C2C. The molecule has 0 amide bonds. The average Bonchev–Trinajstić information content (AvgIpc) is 2.39. The van der Waals surface area contributed by atoms with Crippen LogP contribution in [0, 0.1) is 40.4 Å². The lowest BCUT2D eigenvalue weighted by molar-refractivity contribution is -0.164. The Labute approximate surface area is 128 Å². The molecular weight excluding hydrogens is 240 g/mol. The quantitative estimate of drug-likeness (QED) is 0.547. The van der Waals surface area contributed by atoms with E-state index in [2.05, 4.69) is 48.5 Å². The molecule has 20 heavy (non-hydrogen) atoms. The van der Waals surface area contributed by atoms with Gasteiger partial charge in [0.2, 0.25) is 0 Å². The second-order valence-electron chi connectivity index (χ2n) is 8.93. The molecule has 0 N–H and O–H groups in total. The first-order valence-electron chi connectivity index (χ1n) is 9.29. The summed E-state index contributed by atoms with van der Waals surface area (Å²) in [6.07, 6.45) is 8.61. The zero-order valence-electron chi connectivity index (χ0n) is 15.1. The number of fused-ring (bicyclic) bond motifs is 2. The summed E-state index contributed by atoms with van der Waals surface area (Å²) in [5, 5.41) is 0. The molecule has 2 rings (SSSR count). The van der Waals surface area contributed by atoms with E-state index in [1.165, 1.54) is 38.5 Å². The Bertz CT molecular complexity index is 329. The smallest absolute Gasteiger partial charge is 0.0241 e. The molecule has 0 spiro atoms. The molecule has 0 aliphatic heterocycles. The lowest BCUT2D eigenvalue weighted by Crippen LogP contribution is -2.58. The first-order chi connectivity index (χ1) is 9.29. The summed E-state index contributed by atoms with van der Waals surface area (Å²) in [7, 11) is 0. The molecule has 0 nitrogen and oxygen atoms in total. The van der Waals surface area contributed by atoms with E-state index in [0.29, 0.717) is 10.8 Å². The maximum Gasteiger partial charge on any atom is -0.0241 e. The van der Waals surface area contributed by atoms with Crippen molar-refractivity contribution in [3.63, 3.8) is 0 Å². The second kappa shape index (κ2) is 5.65. The number of hydrogen-bond acceptors (Lipinski definition) is 0. The van der Waals surface area contributed by atoms with Crippen molar-refractivity contribution in [3.05, 3.63) is 0 Å². The first-order valence-corrected chi connectivity index (χ1v) is 9.29. The topological polar surface area (TPSA) is 0 Å². The predicted molar refractivity (Wildman–Crippen MR) is 89.7 cm³/mol. The highest BCUT2D eigenvalue weighted by molar-refractivity contribution is 5.08. The van der Waals surface area contributed by atoms with Gasteiger partial charge in [-0.15, -0.1) is 0 Å². The molecule has 118 valence electrons. The van der Waals surface area contributed by atoms with Crippen LogP contribution in [0.25, 0.3) is 0 Å². The fourth-order valence-electron chi connectivity index (χ4n) is 6.26. The second-order valence-corrected chi connectivity index (χ2v) is 8.93. The standard InChI is InChI=1S/C20H38/c1-8-10-16-12-17-13-20(7,15(16)4)19(5,6)18(11-9-2)14(17)3/h14-18H,8-13H2,1-7H3. The molecular formula is C20H38. The van der Waals surface area contributed by atoms with E-state index in [-0.39, 0.29) is 0 Å². The van der Waals surface area contributed by atoms with Gasteiger partial charge in [-0.1, -0.05) is 67.7 Å². The summed E-state index contributed by atoms with van der Waals surface area (Å²) < 4.78 is 0. The van der Waals surface area contributed by atoms with Crippen LogP contribution in [0.2, 0.25) is 0 Å². The van der Waals surface area contributed by atoms with Crippen molar-refractivity contribution in [3.8, 4) is 0 Å². The molecule has 0 heterocycles. The average molecular weight is 279 g/mol. The minimum Gasteiger partial charge on any atom is -0.0654 e. The van der Waals surface area contributed by atoms with Crippen molar-refractivity contribution in [2.75, 3.05) is 0 Å². The van der Waals surface area contributed by atoms with Gasteiger partial charge in [-0.25, -0.2) is 0 Å². The Morgan fingerprint density at radius 3 is 2.10 bits per heavy atom. The Morgan fingerprint density at radius 1 is 0.950 bits per heavy atom. The highest BCUT2D eigenvalue weighted by Crippen LogP contribution is 2.66. The van der Waals surface area contributed by atoms with Crippen LogP contribution in [0.15, 0.2) is 0 Å². The molecule has 0 aromatic heterocycles. The van der Waals surface area contributed by atoms with Crippen LogP contribution in [0.4, 0.5) is 0 Å². The Balaban J connectivity index is 2.35. The summed E-state index contributed by atoms with van der Waals surface area (Å²) >= 11 is 0. The highest BCUT2D eigenvalue weighted by atomic mass is 14.6. The van der Waals surface area contributed by atoms with Crippen LogP contribution in [0.5, 0.6) is 0 Å². The van der Waals surface area contributed by atoms with Crippen molar-refractivity contribution < 1.29 is 0 Å². The molecule has 2 aliphatic carbocycles. The maximum atomic E-state index is 2.64. The molecule has 6 atom stereocenters. The van der Waals surface area contributed by atoms with E-state index >= 15 is 0 Å². The Kier molecular flexibility index (Phi) is 4.63. The van der Waals surface area contributed by atoms with Gasteiger partial charge in [0.1, 0.15) is 0 Å². The van der Waals surface area contributed by atoms with Crippen molar-refractivity contribution in [2.45, 2.75) is 87.0 Å². The van der Waals surface area contributed by atoms with E-state index in [1.54, 1.807) is 0 Å². The summed E-state index contributed by atoms with van der Waals surface area (Å²) in [5.74, 6) is 4.75. The van der Waals surface area contributed by atoms with Crippen molar-refractivity contribution >= 4 is 0 Å². The van der Waals surface area contributed by atoms with Gasteiger partial charge in [-0.05, 0) is 59.7 Å². The Morgan fingerprint density at radius 2 is 1.55 bits per heavy atom. The number of hydrogen-bond donors (Lipinski definition) is 0. The third-order valence-electron chi connectivity index (χ3n) is 8.04. The van der Waals surface area contributed by atoms with Crippen LogP contribution >= 0.6 is 0 Å². The maximum absolute atomic E-state index is 2.64. The molecule has 0 saturated heterocycles. The van der Waals surface area contributed by atoms with E-state index in [1.807, 2.05) is 0 Å². The molecule has 0 aromatic rings. The van der Waals surface area contributed by atoms with Crippen LogP contribution < -0.4 is 0 Å². The zero-order valence-corrected chi connectivity index (χ0v) is 15.1. The predicted octanol–water partition coefficient (Wildman–Crippen LogP) is 6.55. The van der Waals surface area contributed by atoms with Gasteiger partial charge in [-0.2, -0.15) is 0 Å². The minimum absolute atomic E-state index is 0.505. The van der Waals surface area contributed by atoms with Gasteiger partial charge < -0.3 is 0 Å². The summed E-state index contributed by atoms with van der Waals surface area (Å²) in [4.78, 5) is 0. The van der Waals surface area contributed by atoms with Crippen LogP contribution in [-0.2, 0) is 0 Å². The molecule has 2 bridgehead atoms. The molecule has 0 radical (unpaired) electrons. The third kappa shape index (κ3) is 2.26. The zero-order chi connectivity index (χ0) is 15.1. The molecule has 0 aromatic carbocycles. The van der Waals surface area contributed by atoms with Crippen molar-refractivity contribution in [1.29, 1.82) is 0 Å². The van der Waals surface area contributed by atoms with Crippen LogP contribution in [-0.4, -0.2) is 0 Å². The van der Waals surface area contributed by atoms with Gasteiger partial charge in [0.15, 0.2) is 0 Å². The minimum atomic E-state index is 0.505. The van der Waals surface area contributed by atoms with Crippen molar-refractivity contribution in [2.24, 2.45) is 40.4 Å². The van der Waals surface area contributed by atoms with Gasteiger partial charge in [-0.3, -0.25) is 0 Å². The van der Waals surface area contributed by atoms with E-state index in [9.17, 15) is 0 Å². The van der Waals surface area contributed by atoms with Gasteiger partial charge in [0, 0.05) is 0 Å². The van der Waals surface area contributed by atoms with Crippen LogP contribution in [0.3, 0.4) is 0 Å². The normalized spacial score (nSPS) is 47.2. The van der Waals surface area contributed by atoms with Gasteiger partial charge in [0.05, 0.1) is 0 Å². The fraction of sp³-hybridized carbons (Fsp3) is 1.00. The van der Waals surface area contributed by atoms with Crippen LogP contribution in [0.1, 0.15) is 87.0 Å². The first kappa shape index (κ1) is 16.4. The van der Waals surface area contributed by atoms with Gasteiger partial charge >= 0.3 is 0 Å². The third-order valence-corrected chi connectivity index (χ3v) is 8.04. The van der Waals surface area contributed by atoms with Crippen molar-refractivity contribution in [1.82, 2.24) is 0 Å². The van der Waals surface area contributed by atoms with E-state index in [0.717, 1.165) is 29.6 Å². The summed E-state index contributed by atoms with van der Waals surface area (Å²) in [5.41, 5.74) is 1.06. The van der Waals surface area contributed by atoms with E-state index in [4.69, 9.17) is 0 Å². The van der Waals surface area contributed by atoms with E-state index < -0.39 is 0 Å². The Hall–Kier alpha value is 0. The van der Waals surface area contributed by atoms with Gasteiger partial charge in [0.25, 0.3) is 0 Å². The largest absolute Gasteiger partial charge is 0.0654 e. The molecule has 2 fully saturated rings. The monoisotopic (exact) mass is 278 g/mol. The molecule has 0 heteroatoms.